The third-order valence-corrected chi connectivity index (χ3v) is 4.02. The summed E-state index contributed by atoms with van der Waals surface area (Å²) < 4.78 is 1.88. The lowest BCUT2D eigenvalue weighted by Gasteiger charge is -1.99. The van der Waals surface area contributed by atoms with Gasteiger partial charge in [-0.25, -0.2) is 0 Å². The summed E-state index contributed by atoms with van der Waals surface area (Å²) in [7, 11) is 0. The molecular formula is C11H5BrCl2OS. The normalized spacial score (nSPS) is 10.4. The number of carbonyl (C=O) groups is 1. The van der Waals surface area contributed by atoms with Crippen molar-refractivity contribution in [2.75, 3.05) is 0 Å². The number of hydrogen-bond acceptors (Lipinski definition) is 2. The second-order valence-corrected chi connectivity index (χ2v) is 6.28. The summed E-state index contributed by atoms with van der Waals surface area (Å²) in [5.41, 5.74) is 1.05. The lowest BCUT2D eigenvalue weighted by atomic mass is 10.1. The monoisotopic (exact) mass is 334 g/mol. The van der Waals surface area contributed by atoms with Crippen LogP contribution in [0.1, 0.15) is 15.9 Å². The summed E-state index contributed by atoms with van der Waals surface area (Å²) in [5.74, 6) is -0.111. The van der Waals surface area contributed by atoms with E-state index in [9.17, 15) is 4.79 Å². The third kappa shape index (κ3) is 2.48. The number of benzene rings is 1. The van der Waals surface area contributed by atoms with E-state index in [-0.39, 0.29) is 5.78 Å². The van der Waals surface area contributed by atoms with Gasteiger partial charge in [0.2, 0.25) is 0 Å². The molecule has 0 N–H and O–H groups in total. The minimum atomic E-state index is -0.111. The van der Waals surface area contributed by atoms with E-state index in [1.165, 1.54) is 11.3 Å². The van der Waals surface area contributed by atoms with E-state index in [4.69, 9.17) is 23.2 Å². The van der Waals surface area contributed by atoms with Crippen molar-refractivity contribution in [3.05, 3.63) is 54.6 Å². The van der Waals surface area contributed by atoms with E-state index in [1.54, 1.807) is 18.2 Å². The first-order valence-electron chi connectivity index (χ1n) is 4.33. The van der Waals surface area contributed by atoms with Gasteiger partial charge in [0.25, 0.3) is 0 Å². The van der Waals surface area contributed by atoms with Gasteiger partial charge in [-0.3, -0.25) is 4.79 Å². The number of carbonyl (C=O) groups excluding carboxylic acids is 1. The first-order valence-corrected chi connectivity index (χ1v) is 6.69. The van der Waals surface area contributed by atoms with Gasteiger partial charge in [-0.2, -0.15) is 0 Å². The highest BCUT2D eigenvalue weighted by Crippen LogP contribution is 2.32. The van der Waals surface area contributed by atoms with Gasteiger partial charge < -0.3 is 0 Å². The maximum atomic E-state index is 12.0. The van der Waals surface area contributed by atoms with Gasteiger partial charge >= 0.3 is 0 Å². The lowest BCUT2D eigenvalue weighted by Crippen LogP contribution is -1.99. The summed E-state index contributed by atoms with van der Waals surface area (Å²) in [6, 6.07) is 8.71. The molecule has 2 rings (SSSR count). The summed E-state index contributed by atoms with van der Waals surface area (Å²) in [6.07, 6.45) is 0. The predicted molar refractivity (Wildman–Crippen MR) is 71.9 cm³/mol. The molecule has 2 aromatic rings. The summed E-state index contributed by atoms with van der Waals surface area (Å²) in [5, 5.41) is 0. The molecule has 0 saturated heterocycles. The van der Waals surface area contributed by atoms with Crippen molar-refractivity contribution in [2.24, 2.45) is 0 Å². The van der Waals surface area contributed by atoms with E-state index in [1.807, 2.05) is 12.1 Å². The fourth-order valence-corrected chi connectivity index (χ4v) is 2.97. The van der Waals surface area contributed by atoms with E-state index < -0.39 is 0 Å². The number of rotatable bonds is 2. The average Bonchev–Trinajstić information content (AvgIpc) is 2.58. The zero-order valence-corrected chi connectivity index (χ0v) is 11.8. The minimum Gasteiger partial charge on any atom is -0.289 e. The molecule has 1 nitrogen and oxygen atoms in total. The molecule has 0 aliphatic heterocycles. The van der Waals surface area contributed by atoms with Gasteiger partial charge in [-0.1, -0.05) is 39.1 Å². The highest BCUT2D eigenvalue weighted by atomic mass is 79.9. The number of ketones is 1. The van der Waals surface area contributed by atoms with Crippen molar-refractivity contribution in [3.63, 3.8) is 0 Å². The average molecular weight is 336 g/mol. The first kappa shape index (κ1) is 12.1. The van der Waals surface area contributed by atoms with E-state index in [0.717, 1.165) is 4.47 Å². The lowest BCUT2D eigenvalue weighted by molar-refractivity contribution is 0.103. The molecule has 0 aliphatic carbocycles. The topological polar surface area (TPSA) is 17.1 Å². The highest BCUT2D eigenvalue weighted by Gasteiger charge is 2.15. The van der Waals surface area contributed by atoms with Gasteiger partial charge in [0.1, 0.15) is 4.34 Å². The van der Waals surface area contributed by atoms with E-state index >= 15 is 0 Å². The van der Waals surface area contributed by atoms with Crippen molar-refractivity contribution in [1.29, 1.82) is 0 Å². The van der Waals surface area contributed by atoms with Crippen molar-refractivity contribution in [3.8, 4) is 0 Å². The van der Waals surface area contributed by atoms with Crippen LogP contribution in [-0.2, 0) is 0 Å². The Morgan fingerprint density at radius 2 is 1.81 bits per heavy atom. The van der Waals surface area contributed by atoms with Gasteiger partial charge in [0.05, 0.1) is 9.90 Å². The van der Waals surface area contributed by atoms with Crippen LogP contribution in [0.2, 0.25) is 8.67 Å². The zero-order valence-electron chi connectivity index (χ0n) is 7.84. The molecule has 82 valence electrons. The summed E-state index contributed by atoms with van der Waals surface area (Å²) in [4.78, 5) is 12.0. The molecule has 5 heteroatoms. The first-order chi connectivity index (χ1) is 7.58. The van der Waals surface area contributed by atoms with Gasteiger partial charge in [0, 0.05) is 10.0 Å². The van der Waals surface area contributed by atoms with Crippen LogP contribution in [0.15, 0.2) is 34.8 Å². The standard InChI is InChI=1S/C11H5BrCl2OS/c12-7-3-1-6(2-4-7)10(15)8-5-9(13)16-11(8)14/h1-5H. The van der Waals surface area contributed by atoms with Gasteiger partial charge in [-0.05, 0) is 30.3 Å². The summed E-state index contributed by atoms with van der Waals surface area (Å²) >= 11 is 16.2. The predicted octanol–water partition coefficient (Wildman–Crippen LogP) is 5.05. The Bertz CT molecular complexity index is 533. The molecule has 0 saturated carbocycles. The fraction of sp³-hybridized carbons (Fsp3) is 0. The molecule has 0 aliphatic rings. The number of hydrogen-bond donors (Lipinski definition) is 0. The Labute approximate surface area is 115 Å². The smallest absolute Gasteiger partial charge is 0.195 e. The largest absolute Gasteiger partial charge is 0.289 e. The van der Waals surface area contributed by atoms with Crippen molar-refractivity contribution >= 4 is 56.3 Å². The van der Waals surface area contributed by atoms with Crippen molar-refractivity contribution < 1.29 is 4.79 Å². The molecule has 0 fully saturated rings. The maximum Gasteiger partial charge on any atom is 0.195 e. The Balaban J connectivity index is 2.39. The van der Waals surface area contributed by atoms with Crippen molar-refractivity contribution in [2.45, 2.75) is 0 Å². The quantitative estimate of drug-likeness (QED) is 0.702. The number of halogens is 3. The van der Waals surface area contributed by atoms with Crippen LogP contribution in [0.3, 0.4) is 0 Å². The molecule has 1 heterocycles. The van der Waals surface area contributed by atoms with Crippen LogP contribution >= 0.6 is 50.5 Å². The Kier molecular flexibility index (Phi) is 3.70. The molecular weight excluding hydrogens is 331 g/mol. The minimum absolute atomic E-state index is 0.111. The van der Waals surface area contributed by atoms with Crippen LogP contribution in [0.5, 0.6) is 0 Å². The van der Waals surface area contributed by atoms with Crippen LogP contribution in [0.25, 0.3) is 0 Å². The van der Waals surface area contributed by atoms with E-state index in [2.05, 4.69) is 15.9 Å². The highest BCUT2D eigenvalue weighted by molar-refractivity contribution is 9.10. The second kappa shape index (κ2) is 4.88. The molecule has 1 aromatic carbocycles. The van der Waals surface area contributed by atoms with Gasteiger partial charge in [-0.15, -0.1) is 11.3 Å². The Hall–Kier alpha value is -0.350. The van der Waals surface area contributed by atoms with Crippen LogP contribution in [0, 0.1) is 0 Å². The molecule has 0 atom stereocenters. The van der Waals surface area contributed by atoms with Crippen molar-refractivity contribution in [1.82, 2.24) is 0 Å². The number of thiophene rings is 1. The van der Waals surface area contributed by atoms with Crippen LogP contribution in [-0.4, -0.2) is 5.78 Å². The maximum absolute atomic E-state index is 12.0. The Morgan fingerprint density at radius 3 is 2.31 bits per heavy atom. The third-order valence-electron chi connectivity index (χ3n) is 2.01. The molecule has 0 radical (unpaired) electrons. The van der Waals surface area contributed by atoms with E-state index in [0.29, 0.717) is 19.8 Å². The molecule has 0 amide bonds. The molecule has 1 aromatic heterocycles. The zero-order chi connectivity index (χ0) is 11.7. The van der Waals surface area contributed by atoms with Crippen LogP contribution in [0.4, 0.5) is 0 Å². The molecule has 0 unspecified atom stereocenters. The summed E-state index contributed by atoms with van der Waals surface area (Å²) in [6.45, 7) is 0. The molecule has 0 spiro atoms. The fourth-order valence-electron chi connectivity index (χ4n) is 1.25. The molecule has 16 heavy (non-hydrogen) atoms. The van der Waals surface area contributed by atoms with Crippen LogP contribution < -0.4 is 0 Å². The second-order valence-electron chi connectivity index (χ2n) is 3.07. The Morgan fingerprint density at radius 1 is 1.19 bits per heavy atom. The molecule has 0 bridgehead atoms. The van der Waals surface area contributed by atoms with Gasteiger partial charge in [0.15, 0.2) is 5.78 Å². The SMILES string of the molecule is O=C(c1ccc(Br)cc1)c1cc(Cl)sc1Cl.